The molecule has 1 heterocycles. The summed E-state index contributed by atoms with van der Waals surface area (Å²) in [4.78, 5) is 30.1. The number of carbonyl (C=O) groups is 1. The number of halogens is 1. The molecule has 2 aromatic carbocycles. The topological polar surface area (TPSA) is 107 Å². The lowest BCUT2D eigenvalue weighted by Crippen LogP contribution is -2.37. The standard InChI is InChI=1S/C22H24FN3O5S/c1-13(24-21(28)31-22(2,3)4)19-25-16-10-7-11-17(32(5,29)30)18(16)20(27)26(19)15-9-6-8-14(23)12-15/h6-13H,1-5H3,(H,24,28)/t13-/m0/s1. The summed E-state index contributed by atoms with van der Waals surface area (Å²) in [5.74, 6) is -0.505. The second-order valence-corrected chi connectivity index (χ2v) is 10.4. The third-order valence-electron chi connectivity index (χ3n) is 4.47. The van der Waals surface area contributed by atoms with Gasteiger partial charge >= 0.3 is 6.09 Å². The molecule has 8 nitrogen and oxygen atoms in total. The van der Waals surface area contributed by atoms with Crippen LogP contribution in [-0.4, -0.2) is 35.9 Å². The molecule has 3 aromatic rings. The number of nitrogens with zero attached hydrogens (tertiary/aromatic N) is 2. The Balaban J connectivity index is 2.29. The van der Waals surface area contributed by atoms with Gasteiger partial charge < -0.3 is 10.1 Å². The predicted molar refractivity (Wildman–Crippen MR) is 118 cm³/mol. The van der Waals surface area contributed by atoms with Crippen molar-refractivity contribution in [2.45, 2.75) is 44.2 Å². The van der Waals surface area contributed by atoms with E-state index < -0.39 is 38.9 Å². The molecule has 0 bridgehead atoms. The molecule has 0 fully saturated rings. The Bertz CT molecular complexity index is 1360. The molecule has 0 radical (unpaired) electrons. The van der Waals surface area contributed by atoms with Crippen molar-refractivity contribution in [1.29, 1.82) is 0 Å². The number of fused-ring (bicyclic) bond motifs is 1. The number of hydrogen-bond acceptors (Lipinski definition) is 6. The number of nitrogens with one attached hydrogen (secondary N) is 1. The highest BCUT2D eigenvalue weighted by atomic mass is 32.2. The van der Waals surface area contributed by atoms with E-state index >= 15 is 0 Å². The molecule has 1 aromatic heterocycles. The molecule has 10 heteroatoms. The summed E-state index contributed by atoms with van der Waals surface area (Å²) in [5.41, 5.74) is -1.17. The van der Waals surface area contributed by atoms with Crippen molar-refractivity contribution in [3.8, 4) is 5.69 Å². The van der Waals surface area contributed by atoms with Crippen molar-refractivity contribution in [2.24, 2.45) is 0 Å². The third kappa shape index (κ3) is 4.96. The molecule has 0 saturated heterocycles. The van der Waals surface area contributed by atoms with E-state index in [0.29, 0.717) is 0 Å². The van der Waals surface area contributed by atoms with Gasteiger partial charge in [0.2, 0.25) is 0 Å². The van der Waals surface area contributed by atoms with E-state index in [4.69, 9.17) is 4.74 Å². The van der Waals surface area contributed by atoms with E-state index in [9.17, 15) is 22.4 Å². The maximum Gasteiger partial charge on any atom is 0.408 e. The molecule has 1 atom stereocenters. The molecule has 1 N–H and O–H groups in total. The number of sulfone groups is 1. The first kappa shape index (κ1) is 23.4. The summed E-state index contributed by atoms with van der Waals surface area (Å²) in [6.07, 6.45) is 0.268. The van der Waals surface area contributed by atoms with Crippen molar-refractivity contribution in [1.82, 2.24) is 14.9 Å². The van der Waals surface area contributed by atoms with E-state index in [2.05, 4.69) is 10.3 Å². The van der Waals surface area contributed by atoms with Gasteiger partial charge in [0, 0.05) is 6.26 Å². The first-order valence-corrected chi connectivity index (χ1v) is 11.7. The van der Waals surface area contributed by atoms with Crippen molar-refractivity contribution < 1.29 is 22.3 Å². The molecule has 3 rings (SSSR count). The summed E-state index contributed by atoms with van der Waals surface area (Å²) in [6, 6.07) is 8.72. The summed E-state index contributed by atoms with van der Waals surface area (Å²) in [6.45, 7) is 6.72. The smallest absolute Gasteiger partial charge is 0.408 e. The van der Waals surface area contributed by atoms with Crippen LogP contribution in [0.25, 0.3) is 16.6 Å². The Labute approximate surface area is 185 Å². The maximum atomic E-state index is 14.0. The van der Waals surface area contributed by atoms with Crippen molar-refractivity contribution in [3.63, 3.8) is 0 Å². The number of amides is 1. The van der Waals surface area contributed by atoms with Gasteiger partial charge in [-0.1, -0.05) is 12.1 Å². The molecule has 32 heavy (non-hydrogen) atoms. The molecule has 0 spiro atoms. The lowest BCUT2D eigenvalue weighted by molar-refractivity contribution is 0.0505. The van der Waals surface area contributed by atoms with Crippen molar-refractivity contribution in [2.75, 3.05) is 6.26 Å². The Hall–Kier alpha value is -3.27. The van der Waals surface area contributed by atoms with Gasteiger partial charge in [-0.3, -0.25) is 9.36 Å². The Morgan fingerprint density at radius 2 is 1.84 bits per heavy atom. The fourth-order valence-corrected chi connectivity index (χ4v) is 4.12. The third-order valence-corrected chi connectivity index (χ3v) is 5.61. The van der Waals surface area contributed by atoms with Crippen LogP contribution in [0.3, 0.4) is 0 Å². The van der Waals surface area contributed by atoms with E-state index in [1.165, 1.54) is 36.4 Å². The highest BCUT2D eigenvalue weighted by Gasteiger charge is 2.25. The van der Waals surface area contributed by atoms with Crippen LogP contribution in [-0.2, 0) is 14.6 Å². The fourth-order valence-electron chi connectivity index (χ4n) is 3.23. The molecular weight excluding hydrogens is 437 g/mol. The summed E-state index contributed by atoms with van der Waals surface area (Å²) in [7, 11) is -3.75. The van der Waals surface area contributed by atoms with Crippen LogP contribution < -0.4 is 10.9 Å². The van der Waals surface area contributed by atoms with Crippen molar-refractivity contribution >= 4 is 26.8 Å². The van der Waals surface area contributed by atoms with Gasteiger partial charge in [-0.25, -0.2) is 22.6 Å². The number of hydrogen-bond donors (Lipinski definition) is 1. The lowest BCUT2D eigenvalue weighted by Gasteiger charge is -2.23. The van der Waals surface area contributed by atoms with Crippen molar-refractivity contribution in [3.05, 3.63) is 64.5 Å². The van der Waals surface area contributed by atoms with Crippen LogP contribution in [0.4, 0.5) is 9.18 Å². The van der Waals surface area contributed by atoms with Crippen LogP contribution in [0.15, 0.2) is 52.2 Å². The number of rotatable bonds is 4. The minimum atomic E-state index is -3.75. The average molecular weight is 462 g/mol. The second-order valence-electron chi connectivity index (χ2n) is 8.38. The van der Waals surface area contributed by atoms with E-state index in [1.807, 2.05) is 0 Å². The Morgan fingerprint density at radius 3 is 2.44 bits per heavy atom. The Morgan fingerprint density at radius 1 is 1.19 bits per heavy atom. The number of ether oxygens (including phenoxy) is 1. The minimum Gasteiger partial charge on any atom is -0.444 e. The molecule has 0 aliphatic carbocycles. The van der Waals surface area contributed by atoms with E-state index in [1.54, 1.807) is 27.7 Å². The first-order valence-electron chi connectivity index (χ1n) is 9.79. The normalized spacial score (nSPS) is 13.1. The average Bonchev–Trinajstić information content (AvgIpc) is 2.65. The highest BCUT2D eigenvalue weighted by molar-refractivity contribution is 7.91. The van der Waals surface area contributed by atoms with Crippen LogP contribution in [0.5, 0.6) is 0 Å². The van der Waals surface area contributed by atoms with Gasteiger partial charge in [0.05, 0.1) is 27.5 Å². The van der Waals surface area contributed by atoms with Gasteiger partial charge in [0.25, 0.3) is 5.56 Å². The van der Waals surface area contributed by atoms with Gasteiger partial charge in [0.1, 0.15) is 17.2 Å². The molecule has 0 saturated carbocycles. The zero-order chi connectivity index (χ0) is 23.8. The summed E-state index contributed by atoms with van der Waals surface area (Å²) >= 11 is 0. The monoisotopic (exact) mass is 461 g/mol. The largest absolute Gasteiger partial charge is 0.444 e. The molecular formula is C22H24FN3O5S. The first-order chi connectivity index (χ1) is 14.8. The SMILES string of the molecule is C[C@H](NC(=O)OC(C)(C)C)c1nc2cccc(S(C)(=O)=O)c2c(=O)n1-c1cccc(F)c1. The van der Waals surface area contributed by atoms with Crippen LogP contribution >= 0.6 is 0 Å². The zero-order valence-electron chi connectivity index (χ0n) is 18.3. The quantitative estimate of drug-likeness (QED) is 0.637. The van der Waals surface area contributed by atoms with Crippen LogP contribution in [0.2, 0.25) is 0 Å². The van der Waals surface area contributed by atoms with E-state index in [0.717, 1.165) is 16.9 Å². The maximum absolute atomic E-state index is 14.0. The zero-order valence-corrected chi connectivity index (χ0v) is 19.2. The molecule has 170 valence electrons. The number of aromatic nitrogens is 2. The number of carbonyl (C=O) groups excluding carboxylic acids is 1. The molecule has 0 aliphatic heterocycles. The van der Waals surface area contributed by atoms with Gasteiger partial charge in [-0.2, -0.15) is 0 Å². The predicted octanol–water partition coefficient (Wildman–Crippen LogP) is 3.51. The van der Waals surface area contributed by atoms with Crippen LogP contribution in [0.1, 0.15) is 39.6 Å². The summed E-state index contributed by atoms with van der Waals surface area (Å²) < 4.78 is 44.9. The van der Waals surface area contributed by atoms with E-state index in [-0.39, 0.29) is 27.3 Å². The van der Waals surface area contributed by atoms with Crippen LogP contribution in [0, 0.1) is 5.82 Å². The minimum absolute atomic E-state index is 0.0876. The number of benzene rings is 2. The van der Waals surface area contributed by atoms with Gasteiger partial charge in [-0.15, -0.1) is 0 Å². The molecule has 1 amide bonds. The highest BCUT2D eigenvalue weighted by Crippen LogP contribution is 2.23. The van der Waals surface area contributed by atoms with Gasteiger partial charge in [0.15, 0.2) is 9.84 Å². The Kier molecular flexibility index (Phi) is 6.10. The van der Waals surface area contributed by atoms with Gasteiger partial charge in [-0.05, 0) is 58.0 Å². The number of alkyl carbamates (subject to hydrolysis) is 1. The molecule has 0 unspecified atom stereocenters. The second kappa shape index (κ2) is 8.34. The summed E-state index contributed by atoms with van der Waals surface area (Å²) in [5, 5.41) is 2.50. The molecule has 0 aliphatic rings. The fraction of sp³-hybridized carbons (Fsp3) is 0.318. The lowest BCUT2D eigenvalue weighted by atomic mass is 10.2.